The van der Waals surface area contributed by atoms with Crippen molar-refractivity contribution >= 4 is 38.2 Å². The van der Waals surface area contributed by atoms with E-state index in [0.29, 0.717) is 18.4 Å². The predicted molar refractivity (Wildman–Crippen MR) is 196 cm³/mol. The molecular weight excluding hydrogens is 639 g/mol. The first-order valence-corrected chi connectivity index (χ1v) is 20.2. The molecule has 0 amide bonds. The fourth-order valence-corrected chi connectivity index (χ4v) is 9.15. The molecule has 1 N–H and O–H groups in total. The van der Waals surface area contributed by atoms with Crippen molar-refractivity contribution in [3.8, 4) is 5.75 Å². The molecule has 3 heterocycles. The highest BCUT2D eigenvalue weighted by Gasteiger charge is 2.37. The first kappa shape index (κ1) is 34.7. The quantitative estimate of drug-likeness (QED) is 0.112. The smallest absolute Gasteiger partial charge is 0.210 e. The molecule has 0 saturated carbocycles. The van der Waals surface area contributed by atoms with Crippen LogP contribution >= 0.6 is 11.8 Å². The van der Waals surface area contributed by atoms with Crippen molar-refractivity contribution in [1.82, 2.24) is 9.88 Å². The number of likely N-dealkylation sites (tertiary alicyclic amines) is 1. The number of hydrogen-bond donors (Lipinski definition) is 1. The Morgan fingerprint density at radius 1 is 0.917 bits per heavy atom. The van der Waals surface area contributed by atoms with E-state index < -0.39 is 15.4 Å². The van der Waals surface area contributed by atoms with Crippen molar-refractivity contribution in [3.05, 3.63) is 84.6 Å². The van der Waals surface area contributed by atoms with Gasteiger partial charge >= 0.3 is 0 Å². The van der Waals surface area contributed by atoms with E-state index in [-0.39, 0.29) is 9.79 Å². The van der Waals surface area contributed by atoms with E-state index in [1.54, 1.807) is 42.2 Å². The summed E-state index contributed by atoms with van der Waals surface area (Å²) in [5.41, 5.74) is 1.77. The highest BCUT2D eigenvalue weighted by atomic mass is 32.2. The Labute approximate surface area is 290 Å². The van der Waals surface area contributed by atoms with E-state index >= 15 is 0 Å². The minimum absolute atomic E-state index is 0.246. The van der Waals surface area contributed by atoms with Crippen LogP contribution in [0.4, 0.5) is 5.69 Å². The molecule has 48 heavy (non-hydrogen) atoms. The summed E-state index contributed by atoms with van der Waals surface area (Å²) in [6, 6.07) is 23.4. The average Bonchev–Trinajstić information content (AvgIpc) is 3.13. The van der Waals surface area contributed by atoms with Crippen molar-refractivity contribution < 1.29 is 18.3 Å². The molecule has 0 aliphatic carbocycles. The number of sulfone groups is 1. The molecule has 9 heteroatoms. The van der Waals surface area contributed by atoms with Gasteiger partial charge in [-0.15, -0.1) is 11.8 Å². The second kappa shape index (κ2) is 15.6. The number of aliphatic hydroxyl groups is 1. The van der Waals surface area contributed by atoms with Crippen LogP contribution in [-0.4, -0.2) is 68.5 Å². The van der Waals surface area contributed by atoms with Crippen LogP contribution in [0.25, 0.3) is 10.9 Å². The summed E-state index contributed by atoms with van der Waals surface area (Å²) in [5, 5.41) is 12.2. The fourth-order valence-electron chi connectivity index (χ4n) is 7.28. The molecule has 1 aromatic heterocycles. The highest BCUT2D eigenvalue weighted by Crippen LogP contribution is 2.40. The fraction of sp³-hybridized carbons (Fsp3) is 0.462. The molecule has 0 spiro atoms. The lowest BCUT2D eigenvalue weighted by Gasteiger charge is -2.45. The summed E-state index contributed by atoms with van der Waals surface area (Å²) in [6.07, 6.45) is 12.7. The normalized spacial score (nSPS) is 17.5. The van der Waals surface area contributed by atoms with Gasteiger partial charge in [0.05, 0.1) is 28.3 Å². The molecule has 4 aromatic rings. The lowest BCUT2D eigenvalue weighted by atomic mass is 9.83. The molecule has 2 saturated heterocycles. The molecule has 0 bridgehead atoms. The molecule has 256 valence electrons. The third kappa shape index (κ3) is 7.70. The molecule has 0 atom stereocenters. The number of nitrogens with zero attached hydrogens (tertiary/aromatic N) is 3. The molecule has 0 unspecified atom stereocenters. The summed E-state index contributed by atoms with van der Waals surface area (Å²) >= 11 is 1.64. The van der Waals surface area contributed by atoms with Crippen LogP contribution in [0.1, 0.15) is 70.3 Å². The van der Waals surface area contributed by atoms with E-state index in [1.165, 1.54) is 19.3 Å². The van der Waals surface area contributed by atoms with Gasteiger partial charge in [-0.2, -0.15) is 0 Å². The standard InChI is InChI=1S/C39H49N3O4S2/c1-3-4-5-6-10-27-46-32-13-16-34(17-14-32)48(44,45)37-29-40-36-18-15-33(47-2)28-35(36)38(37)42-23-19-31(20-24-42)41-25-21-39(43,22-26-41)30-11-8-7-9-12-30/h7-9,11-18,28-29,31,43H,3-6,10,19-27H2,1-2H3. The summed E-state index contributed by atoms with van der Waals surface area (Å²) in [4.78, 5) is 11.0. The third-order valence-corrected chi connectivity index (χ3v) is 12.7. The van der Waals surface area contributed by atoms with Crippen LogP contribution in [-0.2, 0) is 15.4 Å². The van der Waals surface area contributed by atoms with E-state index in [9.17, 15) is 13.5 Å². The summed E-state index contributed by atoms with van der Waals surface area (Å²) in [7, 11) is -3.86. The third-order valence-electron chi connectivity index (χ3n) is 10.2. The maximum atomic E-state index is 14.3. The number of anilines is 1. The number of unbranched alkanes of at least 4 members (excludes halogenated alkanes) is 4. The summed E-state index contributed by atoms with van der Waals surface area (Å²) in [6.45, 7) is 6.04. The summed E-state index contributed by atoms with van der Waals surface area (Å²) in [5.74, 6) is 0.688. The number of aromatic nitrogens is 1. The Morgan fingerprint density at radius 2 is 1.62 bits per heavy atom. The van der Waals surface area contributed by atoms with E-state index in [0.717, 1.165) is 91.8 Å². The van der Waals surface area contributed by atoms with Crippen LogP contribution in [0.15, 0.2) is 93.7 Å². The number of hydrogen-bond acceptors (Lipinski definition) is 8. The van der Waals surface area contributed by atoms with Crippen molar-refractivity contribution in [1.29, 1.82) is 0 Å². The zero-order valence-electron chi connectivity index (χ0n) is 28.3. The average molecular weight is 688 g/mol. The van der Waals surface area contributed by atoms with E-state index in [1.807, 2.05) is 48.7 Å². The molecule has 3 aromatic carbocycles. The molecule has 0 radical (unpaired) electrons. The topological polar surface area (TPSA) is 83.0 Å². The number of ether oxygens (including phenoxy) is 1. The largest absolute Gasteiger partial charge is 0.494 e. The summed E-state index contributed by atoms with van der Waals surface area (Å²) < 4.78 is 34.5. The Bertz CT molecular complexity index is 1750. The predicted octanol–water partition coefficient (Wildman–Crippen LogP) is 8.09. The van der Waals surface area contributed by atoms with Gasteiger partial charge in [0, 0.05) is 48.7 Å². The maximum absolute atomic E-state index is 14.3. The van der Waals surface area contributed by atoms with Gasteiger partial charge in [0.1, 0.15) is 10.6 Å². The number of piperidine rings is 2. The first-order chi connectivity index (χ1) is 23.3. The zero-order chi connectivity index (χ0) is 33.6. The number of pyridine rings is 1. The minimum atomic E-state index is -3.86. The number of benzene rings is 3. The Kier molecular flexibility index (Phi) is 11.3. The minimum Gasteiger partial charge on any atom is -0.494 e. The van der Waals surface area contributed by atoms with Crippen molar-refractivity contribution in [3.63, 3.8) is 0 Å². The lowest BCUT2D eigenvalue weighted by molar-refractivity contribution is -0.0379. The van der Waals surface area contributed by atoms with Crippen LogP contribution in [0.3, 0.4) is 0 Å². The van der Waals surface area contributed by atoms with E-state index in [4.69, 9.17) is 4.74 Å². The lowest BCUT2D eigenvalue weighted by Crippen LogP contribution is -2.50. The Balaban J connectivity index is 1.19. The molecule has 2 aliphatic rings. The number of fused-ring (bicyclic) bond motifs is 1. The van der Waals surface area contributed by atoms with Crippen LogP contribution in [0.2, 0.25) is 0 Å². The zero-order valence-corrected chi connectivity index (χ0v) is 29.9. The second-order valence-corrected chi connectivity index (χ2v) is 16.0. The monoisotopic (exact) mass is 687 g/mol. The Morgan fingerprint density at radius 3 is 2.31 bits per heavy atom. The molecule has 2 aliphatic heterocycles. The van der Waals surface area contributed by atoms with Gasteiger partial charge in [-0.05, 0) is 86.4 Å². The van der Waals surface area contributed by atoms with Crippen molar-refractivity contribution in [2.45, 2.75) is 91.0 Å². The number of thioether (sulfide) groups is 1. The first-order valence-electron chi connectivity index (χ1n) is 17.5. The van der Waals surface area contributed by atoms with Crippen molar-refractivity contribution in [2.24, 2.45) is 0 Å². The van der Waals surface area contributed by atoms with Crippen LogP contribution in [0.5, 0.6) is 5.75 Å². The maximum Gasteiger partial charge on any atom is 0.210 e. The highest BCUT2D eigenvalue weighted by molar-refractivity contribution is 7.98. The van der Waals surface area contributed by atoms with Gasteiger partial charge < -0.3 is 19.6 Å². The van der Waals surface area contributed by atoms with Crippen molar-refractivity contribution in [2.75, 3.05) is 43.9 Å². The SMILES string of the molecule is CCCCCCCOc1ccc(S(=O)(=O)c2cnc3ccc(SC)cc3c2N2CCC(N3CCC(O)(c4ccccc4)CC3)CC2)cc1. The second-order valence-electron chi connectivity index (χ2n) is 13.2. The van der Waals surface area contributed by atoms with Gasteiger partial charge in [0.2, 0.25) is 9.84 Å². The number of rotatable bonds is 13. The van der Waals surface area contributed by atoms with Gasteiger partial charge in [0.15, 0.2) is 0 Å². The van der Waals surface area contributed by atoms with Gasteiger partial charge in [-0.1, -0.05) is 62.9 Å². The van der Waals surface area contributed by atoms with Gasteiger partial charge in [-0.25, -0.2) is 8.42 Å². The van der Waals surface area contributed by atoms with Crippen LogP contribution < -0.4 is 9.64 Å². The van der Waals surface area contributed by atoms with Crippen LogP contribution in [0, 0.1) is 0 Å². The molecule has 7 nitrogen and oxygen atoms in total. The molecular formula is C39H49N3O4S2. The van der Waals surface area contributed by atoms with Gasteiger partial charge in [0.25, 0.3) is 0 Å². The molecule has 6 rings (SSSR count). The van der Waals surface area contributed by atoms with E-state index in [2.05, 4.69) is 27.8 Å². The van der Waals surface area contributed by atoms with Gasteiger partial charge in [-0.3, -0.25) is 4.98 Å². The molecule has 2 fully saturated rings. The Hall–Kier alpha value is -3.11.